The first kappa shape index (κ1) is 11.1. The van der Waals surface area contributed by atoms with Crippen LogP contribution in [0.3, 0.4) is 0 Å². The monoisotopic (exact) mass is 225 g/mol. The Morgan fingerprint density at radius 1 is 1.53 bits per heavy atom. The van der Waals surface area contributed by atoms with Crippen LogP contribution in [0.4, 0.5) is 0 Å². The first-order valence-corrected chi connectivity index (χ1v) is 6.27. The van der Waals surface area contributed by atoms with Crippen LogP contribution < -0.4 is 0 Å². The Balaban J connectivity index is 1.88. The lowest BCUT2D eigenvalue weighted by molar-refractivity contribution is 0.216. The molecule has 0 N–H and O–H groups in total. The van der Waals surface area contributed by atoms with Gasteiger partial charge in [-0.15, -0.1) is 0 Å². The van der Waals surface area contributed by atoms with Crippen LogP contribution >= 0.6 is 12.6 Å². The molecule has 1 saturated carbocycles. The summed E-state index contributed by atoms with van der Waals surface area (Å²) in [5, 5.41) is 0. The topological polar surface area (TPSA) is 16.4 Å². The molecular weight excluding hydrogens is 206 g/mol. The molecule has 0 atom stereocenters. The van der Waals surface area contributed by atoms with Crippen molar-refractivity contribution in [1.29, 1.82) is 0 Å². The molecule has 1 aromatic heterocycles. The summed E-state index contributed by atoms with van der Waals surface area (Å²) in [6.07, 6.45) is 4.42. The molecule has 0 aromatic carbocycles. The fourth-order valence-electron chi connectivity index (χ4n) is 1.92. The molecule has 0 saturated heterocycles. The highest BCUT2D eigenvalue weighted by Crippen LogP contribution is 2.47. The number of nitrogens with zero attached hydrogens (tertiary/aromatic N) is 1. The highest BCUT2D eigenvalue weighted by Gasteiger charge is 2.42. The Hall–Kier alpha value is -0.410. The largest absolute Gasteiger partial charge is 0.468 e. The Kier molecular flexibility index (Phi) is 3.42. The second kappa shape index (κ2) is 4.62. The third kappa shape index (κ3) is 2.79. The van der Waals surface area contributed by atoms with Gasteiger partial charge in [0.05, 0.1) is 12.8 Å². The summed E-state index contributed by atoms with van der Waals surface area (Å²) < 4.78 is 5.37. The van der Waals surface area contributed by atoms with E-state index in [2.05, 4.69) is 24.5 Å². The number of hydrogen-bond donors (Lipinski definition) is 1. The highest BCUT2D eigenvalue weighted by atomic mass is 32.1. The van der Waals surface area contributed by atoms with Gasteiger partial charge in [-0.1, -0.05) is 6.92 Å². The maximum atomic E-state index is 5.37. The van der Waals surface area contributed by atoms with Gasteiger partial charge in [-0.25, -0.2) is 0 Å². The van der Waals surface area contributed by atoms with Gasteiger partial charge < -0.3 is 4.42 Å². The molecule has 0 radical (unpaired) electrons. The van der Waals surface area contributed by atoms with Gasteiger partial charge in [-0.3, -0.25) is 4.90 Å². The quantitative estimate of drug-likeness (QED) is 0.750. The Morgan fingerprint density at radius 3 is 2.80 bits per heavy atom. The van der Waals surface area contributed by atoms with E-state index in [-0.39, 0.29) is 0 Å². The molecule has 1 heterocycles. The standard InChI is InChI=1S/C12H19NOS/c1-2-13(8-11-4-3-7-14-11)9-12(10-15)5-6-12/h3-4,7,15H,2,5-6,8-10H2,1H3. The van der Waals surface area contributed by atoms with Crippen LogP contribution in [0.5, 0.6) is 0 Å². The normalized spacial score (nSPS) is 18.3. The Bertz CT molecular complexity index is 293. The van der Waals surface area contributed by atoms with E-state index >= 15 is 0 Å². The average molecular weight is 225 g/mol. The zero-order valence-corrected chi connectivity index (χ0v) is 10.2. The van der Waals surface area contributed by atoms with Gasteiger partial charge in [0.15, 0.2) is 0 Å². The van der Waals surface area contributed by atoms with E-state index in [0.717, 1.165) is 31.1 Å². The van der Waals surface area contributed by atoms with E-state index < -0.39 is 0 Å². The lowest BCUT2D eigenvalue weighted by atomic mass is 10.1. The van der Waals surface area contributed by atoms with Gasteiger partial charge in [0.2, 0.25) is 0 Å². The lowest BCUT2D eigenvalue weighted by Crippen LogP contribution is -2.30. The van der Waals surface area contributed by atoms with Crippen LogP contribution in [0.15, 0.2) is 22.8 Å². The number of rotatable bonds is 6. The van der Waals surface area contributed by atoms with Gasteiger partial charge in [0, 0.05) is 6.54 Å². The molecule has 0 unspecified atom stereocenters. The SMILES string of the molecule is CCN(Cc1ccco1)CC1(CS)CC1. The lowest BCUT2D eigenvalue weighted by Gasteiger charge is -2.24. The third-order valence-corrected chi connectivity index (χ3v) is 3.93. The summed E-state index contributed by atoms with van der Waals surface area (Å²) >= 11 is 4.44. The van der Waals surface area contributed by atoms with Crippen LogP contribution in [0, 0.1) is 5.41 Å². The zero-order valence-electron chi connectivity index (χ0n) is 9.28. The van der Waals surface area contributed by atoms with E-state index in [4.69, 9.17) is 4.42 Å². The summed E-state index contributed by atoms with van der Waals surface area (Å²) in [6, 6.07) is 4.00. The van der Waals surface area contributed by atoms with Crippen LogP contribution in [-0.4, -0.2) is 23.7 Å². The number of hydrogen-bond acceptors (Lipinski definition) is 3. The van der Waals surface area contributed by atoms with Crippen molar-refractivity contribution >= 4 is 12.6 Å². The molecule has 0 amide bonds. The predicted molar refractivity (Wildman–Crippen MR) is 65.2 cm³/mol. The van der Waals surface area contributed by atoms with Crippen molar-refractivity contribution in [3.63, 3.8) is 0 Å². The Morgan fingerprint density at radius 2 is 2.33 bits per heavy atom. The smallest absolute Gasteiger partial charge is 0.117 e. The van der Waals surface area contributed by atoms with E-state index in [1.54, 1.807) is 6.26 Å². The molecule has 2 rings (SSSR count). The van der Waals surface area contributed by atoms with Crippen molar-refractivity contribution in [2.75, 3.05) is 18.8 Å². The first-order valence-electron chi connectivity index (χ1n) is 5.63. The van der Waals surface area contributed by atoms with E-state index in [9.17, 15) is 0 Å². The number of furan rings is 1. The molecule has 1 aromatic rings. The fraction of sp³-hybridized carbons (Fsp3) is 0.667. The second-order valence-electron chi connectivity index (χ2n) is 4.54. The van der Waals surface area contributed by atoms with Crippen molar-refractivity contribution in [3.05, 3.63) is 24.2 Å². The summed E-state index contributed by atoms with van der Waals surface area (Å²) in [5.41, 5.74) is 0.506. The van der Waals surface area contributed by atoms with E-state index in [1.807, 2.05) is 12.1 Å². The summed E-state index contributed by atoms with van der Waals surface area (Å²) in [6.45, 7) is 5.38. The van der Waals surface area contributed by atoms with Crippen LogP contribution in [0.2, 0.25) is 0 Å². The highest BCUT2D eigenvalue weighted by molar-refractivity contribution is 7.80. The molecule has 3 heteroatoms. The molecule has 0 spiro atoms. The number of thiol groups is 1. The fourth-order valence-corrected chi connectivity index (χ4v) is 2.34. The zero-order chi connectivity index (χ0) is 10.7. The van der Waals surface area contributed by atoms with Crippen LogP contribution in [0.1, 0.15) is 25.5 Å². The molecule has 84 valence electrons. The van der Waals surface area contributed by atoms with Gasteiger partial charge in [-0.2, -0.15) is 12.6 Å². The van der Waals surface area contributed by atoms with E-state index in [1.165, 1.54) is 12.8 Å². The van der Waals surface area contributed by atoms with Crippen molar-refractivity contribution in [3.8, 4) is 0 Å². The molecule has 0 aliphatic heterocycles. The van der Waals surface area contributed by atoms with Gasteiger partial charge >= 0.3 is 0 Å². The molecular formula is C12H19NOS. The Labute approximate surface area is 97.1 Å². The predicted octanol–water partition coefficient (Wildman–Crippen LogP) is 2.81. The average Bonchev–Trinajstić information content (AvgIpc) is 2.84. The molecule has 15 heavy (non-hydrogen) atoms. The minimum atomic E-state index is 0.506. The molecule has 0 bridgehead atoms. The van der Waals surface area contributed by atoms with Crippen LogP contribution in [0.25, 0.3) is 0 Å². The molecule has 1 aliphatic carbocycles. The van der Waals surface area contributed by atoms with Gasteiger partial charge in [0.1, 0.15) is 5.76 Å². The third-order valence-electron chi connectivity index (χ3n) is 3.26. The van der Waals surface area contributed by atoms with Gasteiger partial charge in [-0.05, 0) is 42.7 Å². The van der Waals surface area contributed by atoms with Crippen molar-refractivity contribution in [2.45, 2.75) is 26.3 Å². The van der Waals surface area contributed by atoms with E-state index in [0.29, 0.717) is 5.41 Å². The molecule has 1 aliphatic rings. The van der Waals surface area contributed by atoms with Crippen molar-refractivity contribution < 1.29 is 4.42 Å². The van der Waals surface area contributed by atoms with Crippen molar-refractivity contribution in [2.24, 2.45) is 5.41 Å². The summed E-state index contributed by atoms with van der Waals surface area (Å²) in [5.74, 6) is 2.08. The van der Waals surface area contributed by atoms with Crippen molar-refractivity contribution in [1.82, 2.24) is 4.90 Å². The summed E-state index contributed by atoms with van der Waals surface area (Å²) in [4.78, 5) is 2.45. The minimum Gasteiger partial charge on any atom is -0.468 e. The van der Waals surface area contributed by atoms with Gasteiger partial charge in [0.25, 0.3) is 0 Å². The maximum absolute atomic E-state index is 5.37. The first-order chi connectivity index (χ1) is 7.28. The minimum absolute atomic E-state index is 0.506. The maximum Gasteiger partial charge on any atom is 0.117 e. The summed E-state index contributed by atoms with van der Waals surface area (Å²) in [7, 11) is 0. The second-order valence-corrected chi connectivity index (χ2v) is 4.86. The van der Waals surface area contributed by atoms with Crippen LogP contribution in [-0.2, 0) is 6.54 Å². The molecule has 1 fully saturated rings. The molecule has 2 nitrogen and oxygen atoms in total.